The fourth-order valence-corrected chi connectivity index (χ4v) is 2.46. The Balaban J connectivity index is 1.81. The number of aromatic nitrogens is 1. The van der Waals surface area contributed by atoms with Crippen molar-refractivity contribution in [1.29, 1.82) is 0 Å². The van der Waals surface area contributed by atoms with Crippen molar-refractivity contribution in [2.24, 2.45) is 0 Å². The van der Waals surface area contributed by atoms with Crippen molar-refractivity contribution < 1.29 is 4.79 Å². The lowest BCUT2D eigenvalue weighted by atomic mass is 10.1. The fraction of sp³-hybridized carbons (Fsp3) is 0.600. The standard InChI is InChI=1S/C15H23N3O/c1-18(12-8-13-6-10-16-11-7-13)15(19)14-5-3-2-4-9-17-14/h6-7,10-11,14,17H,2-5,8-9,12H2,1H3. The van der Waals surface area contributed by atoms with Crippen molar-refractivity contribution >= 4 is 5.91 Å². The molecule has 1 amide bonds. The van der Waals surface area contributed by atoms with Gasteiger partial charge in [-0.15, -0.1) is 0 Å². The molecule has 4 heteroatoms. The molecule has 2 heterocycles. The minimum absolute atomic E-state index is 0.0185. The minimum Gasteiger partial charge on any atom is -0.344 e. The van der Waals surface area contributed by atoms with Crippen LogP contribution in [-0.2, 0) is 11.2 Å². The highest BCUT2D eigenvalue weighted by Crippen LogP contribution is 2.10. The Labute approximate surface area is 115 Å². The number of carbonyl (C=O) groups excluding carboxylic acids is 1. The van der Waals surface area contributed by atoms with E-state index in [-0.39, 0.29) is 11.9 Å². The van der Waals surface area contributed by atoms with Crippen LogP contribution in [0.25, 0.3) is 0 Å². The molecule has 1 aliphatic rings. The lowest BCUT2D eigenvalue weighted by molar-refractivity contribution is -0.132. The topological polar surface area (TPSA) is 45.2 Å². The van der Waals surface area contributed by atoms with Crippen LogP contribution in [0.3, 0.4) is 0 Å². The molecule has 0 bridgehead atoms. The zero-order chi connectivity index (χ0) is 13.5. The van der Waals surface area contributed by atoms with Gasteiger partial charge >= 0.3 is 0 Å². The third-order valence-electron chi connectivity index (χ3n) is 3.72. The maximum Gasteiger partial charge on any atom is 0.239 e. The highest BCUT2D eigenvalue weighted by atomic mass is 16.2. The molecule has 0 saturated carbocycles. The van der Waals surface area contributed by atoms with Gasteiger partial charge in [0.2, 0.25) is 5.91 Å². The Morgan fingerprint density at radius 1 is 1.37 bits per heavy atom. The van der Waals surface area contributed by atoms with Gasteiger partial charge in [-0.1, -0.05) is 12.8 Å². The molecule has 1 unspecified atom stereocenters. The Bertz CT molecular complexity index is 386. The van der Waals surface area contributed by atoms with Crippen LogP contribution in [0, 0.1) is 0 Å². The summed E-state index contributed by atoms with van der Waals surface area (Å²) in [7, 11) is 1.90. The van der Waals surface area contributed by atoms with Gasteiger partial charge in [0.05, 0.1) is 6.04 Å². The van der Waals surface area contributed by atoms with Crippen molar-refractivity contribution in [3.05, 3.63) is 30.1 Å². The molecule has 1 fully saturated rings. The van der Waals surface area contributed by atoms with Gasteiger partial charge in [0, 0.05) is 26.0 Å². The number of carbonyl (C=O) groups is 1. The second-order valence-electron chi connectivity index (χ2n) is 5.22. The van der Waals surface area contributed by atoms with Crippen molar-refractivity contribution in [1.82, 2.24) is 15.2 Å². The molecule has 1 saturated heterocycles. The Morgan fingerprint density at radius 2 is 2.16 bits per heavy atom. The SMILES string of the molecule is CN(CCc1ccncc1)C(=O)C1CCCCCN1. The fourth-order valence-electron chi connectivity index (χ4n) is 2.46. The van der Waals surface area contributed by atoms with Gasteiger partial charge in [0.25, 0.3) is 0 Å². The first-order valence-electron chi connectivity index (χ1n) is 7.14. The molecule has 1 aliphatic heterocycles. The second-order valence-corrected chi connectivity index (χ2v) is 5.22. The van der Waals surface area contributed by atoms with Gasteiger partial charge in [-0.2, -0.15) is 0 Å². The Hall–Kier alpha value is -1.42. The van der Waals surface area contributed by atoms with Gasteiger partial charge in [0.1, 0.15) is 0 Å². The summed E-state index contributed by atoms with van der Waals surface area (Å²) >= 11 is 0. The van der Waals surface area contributed by atoms with Crippen molar-refractivity contribution in [3.8, 4) is 0 Å². The first kappa shape index (κ1) is 14.0. The van der Waals surface area contributed by atoms with E-state index in [9.17, 15) is 4.79 Å². The zero-order valence-electron chi connectivity index (χ0n) is 11.6. The summed E-state index contributed by atoms with van der Waals surface area (Å²) < 4.78 is 0. The maximum absolute atomic E-state index is 12.3. The lowest BCUT2D eigenvalue weighted by Gasteiger charge is -2.23. The van der Waals surface area contributed by atoms with E-state index in [0.717, 1.165) is 32.4 Å². The zero-order valence-corrected chi connectivity index (χ0v) is 11.6. The Kier molecular flexibility index (Phi) is 5.33. The largest absolute Gasteiger partial charge is 0.344 e. The number of pyridine rings is 1. The number of hydrogen-bond donors (Lipinski definition) is 1. The van der Waals surface area contributed by atoms with Crippen LogP contribution in [0.15, 0.2) is 24.5 Å². The highest BCUT2D eigenvalue weighted by Gasteiger charge is 2.22. The summed E-state index contributed by atoms with van der Waals surface area (Å²) in [6.07, 6.45) is 9.02. The average Bonchev–Trinajstić information content (AvgIpc) is 2.74. The van der Waals surface area contributed by atoms with Crippen LogP contribution in [0.4, 0.5) is 0 Å². The molecular formula is C15H23N3O. The van der Waals surface area contributed by atoms with Crippen LogP contribution in [-0.4, -0.2) is 42.0 Å². The van der Waals surface area contributed by atoms with E-state index in [1.807, 2.05) is 24.1 Å². The summed E-state index contributed by atoms with van der Waals surface area (Å²) in [4.78, 5) is 18.2. The smallest absolute Gasteiger partial charge is 0.239 e. The summed E-state index contributed by atoms with van der Waals surface area (Å²) in [6, 6.07) is 4.02. The minimum atomic E-state index is 0.0185. The normalized spacial score (nSPS) is 19.7. The summed E-state index contributed by atoms with van der Waals surface area (Å²) in [6.45, 7) is 1.73. The molecule has 4 nitrogen and oxygen atoms in total. The maximum atomic E-state index is 12.3. The second kappa shape index (κ2) is 7.24. The molecule has 1 N–H and O–H groups in total. The molecule has 1 atom stereocenters. The number of nitrogens with one attached hydrogen (secondary N) is 1. The van der Waals surface area contributed by atoms with Gasteiger partial charge in [-0.05, 0) is 43.5 Å². The Morgan fingerprint density at radius 3 is 2.95 bits per heavy atom. The van der Waals surface area contributed by atoms with E-state index in [2.05, 4.69) is 10.3 Å². The van der Waals surface area contributed by atoms with Crippen LogP contribution < -0.4 is 5.32 Å². The van der Waals surface area contributed by atoms with Crippen LogP contribution in [0.1, 0.15) is 31.2 Å². The van der Waals surface area contributed by atoms with E-state index < -0.39 is 0 Å². The predicted molar refractivity (Wildman–Crippen MR) is 75.8 cm³/mol. The van der Waals surface area contributed by atoms with Gasteiger partial charge in [0.15, 0.2) is 0 Å². The van der Waals surface area contributed by atoms with Crippen molar-refractivity contribution in [2.45, 2.75) is 38.1 Å². The van der Waals surface area contributed by atoms with Crippen LogP contribution in [0.2, 0.25) is 0 Å². The number of nitrogens with zero attached hydrogens (tertiary/aromatic N) is 2. The molecule has 0 spiro atoms. The van der Waals surface area contributed by atoms with Crippen LogP contribution >= 0.6 is 0 Å². The predicted octanol–water partition coefficient (Wildman–Crippen LogP) is 1.61. The first-order chi connectivity index (χ1) is 9.27. The van der Waals surface area contributed by atoms with E-state index >= 15 is 0 Å². The summed E-state index contributed by atoms with van der Waals surface area (Å²) in [5.41, 5.74) is 1.23. The number of hydrogen-bond acceptors (Lipinski definition) is 3. The summed E-state index contributed by atoms with van der Waals surface area (Å²) in [5.74, 6) is 0.232. The summed E-state index contributed by atoms with van der Waals surface area (Å²) in [5, 5.41) is 3.36. The molecular weight excluding hydrogens is 238 g/mol. The number of rotatable bonds is 4. The van der Waals surface area contributed by atoms with E-state index in [1.54, 1.807) is 12.4 Å². The molecule has 0 aromatic carbocycles. The third kappa shape index (κ3) is 4.31. The highest BCUT2D eigenvalue weighted by molar-refractivity contribution is 5.81. The number of amides is 1. The van der Waals surface area contributed by atoms with Crippen molar-refractivity contribution in [3.63, 3.8) is 0 Å². The van der Waals surface area contributed by atoms with E-state index in [0.29, 0.717) is 0 Å². The molecule has 1 aromatic rings. The van der Waals surface area contributed by atoms with E-state index in [4.69, 9.17) is 0 Å². The number of likely N-dealkylation sites (N-methyl/N-ethyl adjacent to an activating group) is 1. The third-order valence-corrected chi connectivity index (χ3v) is 3.72. The molecule has 19 heavy (non-hydrogen) atoms. The molecule has 1 aromatic heterocycles. The molecule has 0 radical (unpaired) electrons. The molecule has 104 valence electrons. The monoisotopic (exact) mass is 261 g/mol. The molecule has 0 aliphatic carbocycles. The average molecular weight is 261 g/mol. The van der Waals surface area contributed by atoms with Gasteiger partial charge in [-0.25, -0.2) is 0 Å². The van der Waals surface area contributed by atoms with E-state index in [1.165, 1.54) is 18.4 Å². The lowest BCUT2D eigenvalue weighted by Crippen LogP contribution is -2.45. The van der Waals surface area contributed by atoms with Crippen molar-refractivity contribution in [2.75, 3.05) is 20.1 Å². The van der Waals surface area contributed by atoms with Gasteiger partial charge < -0.3 is 10.2 Å². The quantitative estimate of drug-likeness (QED) is 0.895. The first-order valence-corrected chi connectivity index (χ1v) is 7.14. The van der Waals surface area contributed by atoms with Crippen LogP contribution in [0.5, 0.6) is 0 Å². The van der Waals surface area contributed by atoms with Gasteiger partial charge in [-0.3, -0.25) is 9.78 Å². The molecule has 2 rings (SSSR count).